The Morgan fingerprint density at radius 2 is 1.60 bits per heavy atom. The number of anilines is 1. The van der Waals surface area contributed by atoms with Gasteiger partial charge in [0.25, 0.3) is 10.0 Å². The number of carbonyl (C=O) groups excluding carboxylic acids is 2. The Morgan fingerprint density at radius 1 is 0.915 bits per heavy atom. The molecule has 0 fully saturated rings. The lowest BCUT2D eigenvalue weighted by Gasteiger charge is -2.34. The normalized spacial score (nSPS) is 12.0. The second-order valence-corrected chi connectivity index (χ2v) is 14.8. The smallest absolute Gasteiger partial charge is 0.264 e. The average molecular weight is 741 g/mol. The minimum absolute atomic E-state index is 0.0110. The second kappa shape index (κ2) is 16.3. The number of hydrogen-bond donors (Lipinski definition) is 1. The van der Waals surface area contributed by atoms with Gasteiger partial charge >= 0.3 is 0 Å². The summed E-state index contributed by atoms with van der Waals surface area (Å²) in [5.74, 6) is -0.351. The summed E-state index contributed by atoms with van der Waals surface area (Å²) in [5.41, 5.74) is 2.68. The maximum Gasteiger partial charge on any atom is 0.264 e. The van der Waals surface area contributed by atoms with E-state index in [0.29, 0.717) is 12.3 Å². The van der Waals surface area contributed by atoms with Crippen LogP contribution in [0.15, 0.2) is 106 Å². The van der Waals surface area contributed by atoms with Crippen molar-refractivity contribution < 1.29 is 22.7 Å². The summed E-state index contributed by atoms with van der Waals surface area (Å²) in [6.45, 7) is 5.73. The topological polar surface area (TPSA) is 96.0 Å². The molecule has 4 rings (SSSR count). The quantitative estimate of drug-likeness (QED) is 0.150. The van der Waals surface area contributed by atoms with Crippen LogP contribution >= 0.6 is 27.5 Å². The summed E-state index contributed by atoms with van der Waals surface area (Å²) in [6, 6.07) is 26.9. The van der Waals surface area contributed by atoms with Crippen LogP contribution in [0.25, 0.3) is 0 Å². The van der Waals surface area contributed by atoms with Gasteiger partial charge in [-0.05, 0) is 66.4 Å². The monoisotopic (exact) mass is 739 g/mol. The van der Waals surface area contributed by atoms with Crippen molar-refractivity contribution in [3.63, 3.8) is 0 Å². The van der Waals surface area contributed by atoms with E-state index in [2.05, 4.69) is 21.2 Å². The fourth-order valence-electron chi connectivity index (χ4n) is 4.99. The molecular formula is C36H39BrClN3O5S. The van der Waals surface area contributed by atoms with Gasteiger partial charge in [-0.25, -0.2) is 8.42 Å². The lowest BCUT2D eigenvalue weighted by molar-refractivity contribution is -0.140. The summed E-state index contributed by atoms with van der Waals surface area (Å²) in [6.07, 6.45) is 0.226. The highest BCUT2D eigenvalue weighted by atomic mass is 79.9. The number of ether oxygens (including phenoxy) is 1. The predicted octanol–water partition coefficient (Wildman–Crippen LogP) is 7.03. The zero-order chi connectivity index (χ0) is 34.1. The van der Waals surface area contributed by atoms with E-state index in [9.17, 15) is 18.0 Å². The number of benzene rings is 4. The number of hydrogen-bond acceptors (Lipinski definition) is 5. The zero-order valence-electron chi connectivity index (χ0n) is 26.8. The van der Waals surface area contributed by atoms with Crippen molar-refractivity contribution in [2.24, 2.45) is 5.92 Å². The molecule has 11 heteroatoms. The first-order chi connectivity index (χ1) is 22.4. The molecule has 0 aliphatic rings. The van der Waals surface area contributed by atoms with Crippen LogP contribution in [-0.4, -0.2) is 51.4 Å². The van der Waals surface area contributed by atoms with Crippen LogP contribution in [0.4, 0.5) is 5.69 Å². The molecular weight excluding hydrogens is 702 g/mol. The van der Waals surface area contributed by atoms with E-state index in [4.69, 9.17) is 16.3 Å². The van der Waals surface area contributed by atoms with Gasteiger partial charge in [0.2, 0.25) is 11.8 Å². The molecule has 4 aromatic carbocycles. The number of nitrogens with zero attached hydrogens (tertiary/aromatic N) is 2. The summed E-state index contributed by atoms with van der Waals surface area (Å²) in [4.78, 5) is 30.0. The zero-order valence-corrected chi connectivity index (χ0v) is 30.0. The van der Waals surface area contributed by atoms with Crippen molar-refractivity contribution in [2.45, 2.75) is 44.7 Å². The van der Waals surface area contributed by atoms with E-state index in [1.807, 2.05) is 75.4 Å². The first kappa shape index (κ1) is 36.0. The number of rotatable bonds is 14. The number of nitrogens with one attached hydrogen (secondary N) is 1. The number of aryl methyl sites for hydroxylation is 1. The van der Waals surface area contributed by atoms with Crippen molar-refractivity contribution in [1.82, 2.24) is 10.2 Å². The van der Waals surface area contributed by atoms with Crippen LogP contribution in [0.5, 0.6) is 5.75 Å². The summed E-state index contributed by atoms with van der Waals surface area (Å²) >= 11 is 9.96. The number of amides is 2. The fourth-order valence-corrected chi connectivity index (χ4v) is 7.09. The summed E-state index contributed by atoms with van der Waals surface area (Å²) in [7, 11) is -2.80. The van der Waals surface area contributed by atoms with E-state index < -0.39 is 28.5 Å². The van der Waals surface area contributed by atoms with Crippen LogP contribution in [-0.2, 0) is 32.6 Å². The molecule has 47 heavy (non-hydrogen) atoms. The van der Waals surface area contributed by atoms with Crippen LogP contribution < -0.4 is 14.4 Å². The molecule has 0 radical (unpaired) electrons. The maximum absolute atomic E-state index is 14.6. The van der Waals surface area contributed by atoms with E-state index in [1.54, 1.807) is 24.3 Å². The molecule has 1 atom stereocenters. The van der Waals surface area contributed by atoms with Crippen LogP contribution in [0.2, 0.25) is 5.02 Å². The van der Waals surface area contributed by atoms with Gasteiger partial charge in [-0.1, -0.05) is 102 Å². The van der Waals surface area contributed by atoms with Crippen molar-refractivity contribution >= 4 is 55.1 Å². The van der Waals surface area contributed by atoms with Crippen LogP contribution in [0.3, 0.4) is 0 Å². The third-order valence-electron chi connectivity index (χ3n) is 7.51. The highest BCUT2D eigenvalue weighted by Gasteiger charge is 2.35. The Hall–Kier alpha value is -3.86. The highest BCUT2D eigenvalue weighted by Crippen LogP contribution is 2.32. The molecule has 0 aliphatic carbocycles. The van der Waals surface area contributed by atoms with Crippen LogP contribution in [0.1, 0.15) is 30.5 Å². The minimum atomic E-state index is -4.26. The second-order valence-electron chi connectivity index (χ2n) is 11.6. The summed E-state index contributed by atoms with van der Waals surface area (Å²) in [5, 5.41) is 3.18. The Morgan fingerprint density at radius 3 is 2.21 bits per heavy atom. The Kier molecular flexibility index (Phi) is 12.5. The molecule has 1 N–H and O–H groups in total. The van der Waals surface area contributed by atoms with Crippen LogP contribution in [0, 0.1) is 12.8 Å². The largest absolute Gasteiger partial charge is 0.495 e. The van der Waals surface area contributed by atoms with Gasteiger partial charge in [-0.3, -0.25) is 13.9 Å². The van der Waals surface area contributed by atoms with E-state index in [0.717, 1.165) is 25.5 Å². The van der Waals surface area contributed by atoms with Crippen molar-refractivity contribution in [3.05, 3.63) is 123 Å². The Labute approximate surface area is 290 Å². The SMILES string of the molecule is COc1ccc(N(CC(=O)N(Cc2cccc(Br)c2)[C@H](Cc2ccccc2)C(=O)NCC(C)C)S(=O)(=O)c2ccc(C)cc2)cc1Cl. The van der Waals surface area contributed by atoms with Gasteiger partial charge in [-0.2, -0.15) is 0 Å². The number of carbonyl (C=O) groups is 2. The molecule has 0 aliphatic heterocycles. The third kappa shape index (κ3) is 9.59. The Bertz CT molecular complexity index is 1790. The standard InChI is InChI=1S/C36H39BrClN3O5S/c1-25(2)22-39-36(43)33(20-27-9-6-5-7-10-27)40(23-28-11-8-12-29(37)19-28)35(42)24-41(30-15-18-34(46-4)32(38)21-30)47(44,45)31-16-13-26(3)14-17-31/h5-19,21,25,33H,20,22-24H2,1-4H3,(H,39,43)/t33-/m1/s1. The first-order valence-corrected chi connectivity index (χ1v) is 17.8. The van der Waals surface area contributed by atoms with Gasteiger partial charge in [0.05, 0.1) is 22.7 Å². The maximum atomic E-state index is 14.6. The molecule has 0 unspecified atom stereocenters. The summed E-state index contributed by atoms with van der Waals surface area (Å²) < 4.78 is 35.6. The Balaban J connectivity index is 1.82. The van der Waals surface area contributed by atoms with Gasteiger partial charge in [-0.15, -0.1) is 0 Å². The van der Waals surface area contributed by atoms with Gasteiger partial charge in [0.1, 0.15) is 18.3 Å². The van der Waals surface area contributed by atoms with E-state index in [-0.39, 0.29) is 40.4 Å². The first-order valence-electron chi connectivity index (χ1n) is 15.2. The lowest BCUT2D eigenvalue weighted by atomic mass is 10.0. The molecule has 8 nitrogen and oxygen atoms in total. The fraction of sp³-hybridized carbons (Fsp3) is 0.278. The average Bonchev–Trinajstić information content (AvgIpc) is 3.04. The highest BCUT2D eigenvalue weighted by molar-refractivity contribution is 9.10. The van der Waals surface area contributed by atoms with Crippen molar-refractivity contribution in [1.29, 1.82) is 0 Å². The molecule has 0 heterocycles. The molecule has 4 aromatic rings. The van der Waals surface area contributed by atoms with Crippen molar-refractivity contribution in [2.75, 3.05) is 24.5 Å². The predicted molar refractivity (Wildman–Crippen MR) is 190 cm³/mol. The number of sulfonamides is 1. The molecule has 0 aromatic heterocycles. The molecule has 248 valence electrons. The van der Waals surface area contributed by atoms with Gasteiger partial charge in [0, 0.05) is 24.0 Å². The van der Waals surface area contributed by atoms with E-state index in [1.165, 1.54) is 30.2 Å². The molecule has 0 saturated carbocycles. The third-order valence-corrected chi connectivity index (χ3v) is 10.1. The molecule has 0 spiro atoms. The lowest BCUT2D eigenvalue weighted by Crippen LogP contribution is -2.53. The molecule has 0 saturated heterocycles. The van der Waals surface area contributed by atoms with E-state index >= 15 is 0 Å². The van der Waals surface area contributed by atoms with Gasteiger partial charge < -0.3 is 15.0 Å². The number of methoxy groups -OCH3 is 1. The number of halogens is 2. The minimum Gasteiger partial charge on any atom is -0.495 e. The van der Waals surface area contributed by atoms with Gasteiger partial charge in [0.15, 0.2) is 0 Å². The van der Waals surface area contributed by atoms with Crippen molar-refractivity contribution in [3.8, 4) is 5.75 Å². The molecule has 0 bridgehead atoms. The molecule has 2 amide bonds.